The van der Waals surface area contributed by atoms with E-state index in [1.165, 1.54) is 65.7 Å². The molecule has 9 aromatic rings. The van der Waals surface area contributed by atoms with Crippen LogP contribution in [0.1, 0.15) is 0 Å². The van der Waals surface area contributed by atoms with Crippen LogP contribution in [0, 0.1) is 0 Å². The normalized spacial score (nSPS) is 11.3. The van der Waals surface area contributed by atoms with Crippen molar-refractivity contribution in [1.29, 1.82) is 0 Å². The number of fused-ring (bicyclic) bond motifs is 3. The SMILES string of the molecule is c1ccc(-c2ccc(-c3ccc(N(c4cccc5ccccc45)c4cccc5ccccc45)cc3)cc2-c2ccc3ccccc3c2)cc1. The summed E-state index contributed by atoms with van der Waals surface area (Å²) in [4.78, 5) is 2.41. The van der Waals surface area contributed by atoms with Crippen molar-refractivity contribution in [3.63, 3.8) is 0 Å². The van der Waals surface area contributed by atoms with Crippen molar-refractivity contribution in [2.45, 2.75) is 0 Å². The summed E-state index contributed by atoms with van der Waals surface area (Å²) >= 11 is 0. The van der Waals surface area contributed by atoms with Gasteiger partial charge in [0.1, 0.15) is 0 Å². The zero-order valence-corrected chi connectivity index (χ0v) is 27.0. The predicted molar refractivity (Wildman–Crippen MR) is 210 cm³/mol. The maximum atomic E-state index is 2.41. The Morgan fingerprint density at radius 2 is 0.796 bits per heavy atom. The van der Waals surface area contributed by atoms with Crippen molar-refractivity contribution >= 4 is 49.4 Å². The molecule has 0 amide bonds. The minimum Gasteiger partial charge on any atom is -0.309 e. The summed E-state index contributed by atoms with van der Waals surface area (Å²) in [5.74, 6) is 0. The standard InChI is InChI=1S/C48H33N/c1-2-13-36(14-3-1)43-31-28-40(33-46(43)41-25-24-34-12-4-5-17-39(34)32-41)35-26-29-42(30-27-35)49(47-22-10-18-37-15-6-8-20-44(37)47)48-23-11-19-38-16-7-9-21-45(38)48/h1-33H. The zero-order chi connectivity index (χ0) is 32.6. The molecule has 9 rings (SSSR count). The zero-order valence-electron chi connectivity index (χ0n) is 27.0. The molecule has 0 N–H and O–H groups in total. The molecule has 0 aromatic heterocycles. The fourth-order valence-corrected chi connectivity index (χ4v) is 7.21. The topological polar surface area (TPSA) is 3.24 Å². The largest absolute Gasteiger partial charge is 0.309 e. The van der Waals surface area contributed by atoms with Gasteiger partial charge in [0.2, 0.25) is 0 Å². The highest BCUT2D eigenvalue weighted by atomic mass is 15.1. The lowest BCUT2D eigenvalue weighted by Crippen LogP contribution is -2.11. The van der Waals surface area contributed by atoms with E-state index in [-0.39, 0.29) is 0 Å². The molecule has 0 fully saturated rings. The van der Waals surface area contributed by atoms with Crippen LogP contribution in [0.25, 0.3) is 65.7 Å². The average molecular weight is 624 g/mol. The van der Waals surface area contributed by atoms with Gasteiger partial charge < -0.3 is 4.90 Å². The Kier molecular flexibility index (Phi) is 7.22. The van der Waals surface area contributed by atoms with Crippen LogP contribution in [-0.4, -0.2) is 0 Å². The Bertz CT molecular complexity index is 2510. The smallest absolute Gasteiger partial charge is 0.0540 e. The third kappa shape index (κ3) is 5.32. The molecule has 0 spiro atoms. The molecule has 0 atom stereocenters. The van der Waals surface area contributed by atoms with Gasteiger partial charge in [0.05, 0.1) is 11.4 Å². The summed E-state index contributed by atoms with van der Waals surface area (Å²) in [7, 11) is 0. The van der Waals surface area contributed by atoms with Crippen LogP contribution in [0.15, 0.2) is 200 Å². The number of rotatable bonds is 6. The van der Waals surface area contributed by atoms with Crippen LogP contribution in [0.2, 0.25) is 0 Å². The third-order valence-electron chi connectivity index (χ3n) is 9.64. The van der Waals surface area contributed by atoms with E-state index < -0.39 is 0 Å². The number of anilines is 3. The molecule has 0 heterocycles. The summed E-state index contributed by atoms with van der Waals surface area (Å²) in [6.45, 7) is 0. The van der Waals surface area contributed by atoms with Gasteiger partial charge in [0.15, 0.2) is 0 Å². The summed E-state index contributed by atoms with van der Waals surface area (Å²) < 4.78 is 0. The Hall–Kier alpha value is -6.44. The van der Waals surface area contributed by atoms with Gasteiger partial charge in [-0.2, -0.15) is 0 Å². The van der Waals surface area contributed by atoms with Crippen LogP contribution in [0.4, 0.5) is 17.1 Å². The van der Waals surface area contributed by atoms with Gasteiger partial charge in [-0.05, 0) is 91.3 Å². The van der Waals surface area contributed by atoms with Crippen LogP contribution >= 0.6 is 0 Å². The molecule has 0 unspecified atom stereocenters. The van der Waals surface area contributed by atoms with Gasteiger partial charge in [-0.3, -0.25) is 0 Å². The molecule has 0 aliphatic rings. The Labute approximate surface area is 287 Å². The first-order valence-electron chi connectivity index (χ1n) is 16.8. The molecule has 1 nitrogen and oxygen atoms in total. The predicted octanol–water partition coefficient (Wildman–Crippen LogP) is 13.6. The molecule has 0 saturated heterocycles. The molecule has 0 bridgehead atoms. The van der Waals surface area contributed by atoms with Crippen LogP contribution in [0.3, 0.4) is 0 Å². The fourth-order valence-electron chi connectivity index (χ4n) is 7.21. The second kappa shape index (κ2) is 12.3. The fraction of sp³-hybridized carbons (Fsp3) is 0. The van der Waals surface area contributed by atoms with Gasteiger partial charge in [-0.25, -0.2) is 0 Å². The molecule has 49 heavy (non-hydrogen) atoms. The lowest BCUT2D eigenvalue weighted by Gasteiger charge is -2.28. The quantitative estimate of drug-likeness (QED) is 0.178. The summed E-state index contributed by atoms with van der Waals surface area (Å²) in [5, 5.41) is 7.39. The van der Waals surface area contributed by atoms with Gasteiger partial charge in [0, 0.05) is 16.5 Å². The first-order chi connectivity index (χ1) is 24.3. The van der Waals surface area contributed by atoms with Gasteiger partial charge >= 0.3 is 0 Å². The van der Waals surface area contributed by atoms with Crippen LogP contribution in [0.5, 0.6) is 0 Å². The number of hydrogen-bond donors (Lipinski definition) is 0. The Morgan fingerprint density at radius 1 is 0.265 bits per heavy atom. The van der Waals surface area contributed by atoms with E-state index in [0.29, 0.717) is 0 Å². The molecule has 0 saturated carbocycles. The van der Waals surface area contributed by atoms with Crippen molar-refractivity contribution in [3.05, 3.63) is 200 Å². The molecule has 230 valence electrons. The summed E-state index contributed by atoms with van der Waals surface area (Å²) in [6.07, 6.45) is 0. The molecule has 0 radical (unpaired) electrons. The summed E-state index contributed by atoms with van der Waals surface area (Å²) in [6, 6.07) is 72.5. The lowest BCUT2D eigenvalue weighted by atomic mass is 9.90. The van der Waals surface area contributed by atoms with E-state index in [4.69, 9.17) is 0 Å². The second-order valence-electron chi connectivity index (χ2n) is 12.6. The van der Waals surface area contributed by atoms with Crippen LogP contribution < -0.4 is 4.90 Å². The maximum absolute atomic E-state index is 2.41. The van der Waals surface area contributed by atoms with E-state index in [1.54, 1.807) is 0 Å². The van der Waals surface area contributed by atoms with Gasteiger partial charge in [-0.15, -0.1) is 0 Å². The van der Waals surface area contributed by atoms with E-state index in [2.05, 4.69) is 205 Å². The first-order valence-corrected chi connectivity index (χ1v) is 16.8. The molecule has 0 aliphatic heterocycles. The molecular weight excluding hydrogens is 591 g/mol. The Morgan fingerprint density at radius 3 is 1.47 bits per heavy atom. The highest BCUT2D eigenvalue weighted by Crippen LogP contribution is 2.43. The second-order valence-corrected chi connectivity index (χ2v) is 12.6. The van der Waals surface area contributed by atoms with Crippen molar-refractivity contribution in [2.24, 2.45) is 0 Å². The van der Waals surface area contributed by atoms with E-state index >= 15 is 0 Å². The molecule has 0 aliphatic carbocycles. The van der Waals surface area contributed by atoms with E-state index in [0.717, 1.165) is 17.1 Å². The van der Waals surface area contributed by atoms with E-state index in [9.17, 15) is 0 Å². The van der Waals surface area contributed by atoms with Crippen molar-refractivity contribution in [3.8, 4) is 33.4 Å². The molecular formula is C48H33N. The monoisotopic (exact) mass is 623 g/mol. The minimum atomic E-state index is 1.12. The number of nitrogens with zero attached hydrogens (tertiary/aromatic N) is 1. The molecule has 9 aromatic carbocycles. The van der Waals surface area contributed by atoms with Crippen molar-refractivity contribution < 1.29 is 0 Å². The third-order valence-corrected chi connectivity index (χ3v) is 9.64. The first kappa shape index (κ1) is 28.8. The average Bonchev–Trinajstić information content (AvgIpc) is 3.18. The highest BCUT2D eigenvalue weighted by Gasteiger charge is 2.18. The highest BCUT2D eigenvalue weighted by molar-refractivity contribution is 6.05. The summed E-state index contributed by atoms with van der Waals surface area (Å²) in [5.41, 5.74) is 10.7. The minimum absolute atomic E-state index is 1.12. The van der Waals surface area contributed by atoms with Gasteiger partial charge in [0.25, 0.3) is 0 Å². The van der Waals surface area contributed by atoms with Crippen LogP contribution in [-0.2, 0) is 0 Å². The maximum Gasteiger partial charge on any atom is 0.0540 e. The van der Waals surface area contributed by atoms with E-state index in [1.807, 2.05) is 0 Å². The Balaban J connectivity index is 1.18. The van der Waals surface area contributed by atoms with Gasteiger partial charge in [-0.1, -0.05) is 164 Å². The number of benzene rings is 9. The van der Waals surface area contributed by atoms with Crippen molar-refractivity contribution in [2.75, 3.05) is 4.90 Å². The number of hydrogen-bond acceptors (Lipinski definition) is 1. The van der Waals surface area contributed by atoms with Crippen molar-refractivity contribution in [1.82, 2.24) is 0 Å². The molecule has 1 heteroatoms. The lowest BCUT2D eigenvalue weighted by molar-refractivity contribution is 1.31.